The molecule has 2 aromatic rings. The van der Waals surface area contributed by atoms with Crippen LogP contribution in [0.4, 0.5) is 5.69 Å². The minimum absolute atomic E-state index is 0.200. The van der Waals surface area contributed by atoms with Gasteiger partial charge in [0.05, 0.1) is 6.61 Å². The summed E-state index contributed by atoms with van der Waals surface area (Å²) in [5, 5.41) is 10.6. The maximum Gasteiger partial charge on any atom is 0.161 e. The smallest absolute Gasteiger partial charge is 0.161 e. The maximum atomic E-state index is 9.80. The van der Waals surface area contributed by atoms with Crippen LogP contribution >= 0.6 is 11.6 Å². The summed E-state index contributed by atoms with van der Waals surface area (Å²) in [4.78, 5) is 4.79. The Hall–Kier alpha value is -1.91. The van der Waals surface area contributed by atoms with Crippen molar-refractivity contribution < 1.29 is 9.84 Å². The molecule has 1 aliphatic heterocycles. The minimum Gasteiger partial charge on any atom is -0.504 e. The fourth-order valence-electron chi connectivity index (χ4n) is 3.02. The third kappa shape index (κ3) is 4.13. The Morgan fingerprint density at radius 2 is 1.88 bits per heavy atom. The molecule has 1 fully saturated rings. The molecule has 0 radical (unpaired) electrons. The summed E-state index contributed by atoms with van der Waals surface area (Å²) in [5.74, 6) is 0.763. The first-order valence-corrected chi connectivity index (χ1v) is 8.71. The molecule has 0 bridgehead atoms. The Balaban J connectivity index is 1.58. The van der Waals surface area contributed by atoms with Gasteiger partial charge in [0.1, 0.15) is 0 Å². The normalized spacial score (nSPS) is 15.5. The number of hydrogen-bond acceptors (Lipinski definition) is 4. The standard InChI is InChI=1S/C19H23ClN2O2/c1-2-24-19-12-15(6-7-18(19)23)14-21-8-10-22(11-9-21)17-5-3-4-16(20)13-17/h3-7,12-13,23H,2,8-11,14H2,1H3. The molecule has 3 rings (SSSR count). The van der Waals surface area contributed by atoms with Gasteiger partial charge in [-0.15, -0.1) is 0 Å². The average Bonchev–Trinajstić information content (AvgIpc) is 2.59. The molecule has 4 nitrogen and oxygen atoms in total. The van der Waals surface area contributed by atoms with Crippen LogP contribution in [0.2, 0.25) is 5.02 Å². The predicted molar refractivity (Wildman–Crippen MR) is 98.2 cm³/mol. The number of aromatic hydroxyl groups is 1. The Kier molecular flexibility index (Phi) is 5.48. The largest absolute Gasteiger partial charge is 0.504 e. The van der Waals surface area contributed by atoms with E-state index in [0.717, 1.165) is 43.3 Å². The molecule has 0 atom stereocenters. The topological polar surface area (TPSA) is 35.9 Å². The Bertz CT molecular complexity index is 685. The third-order valence-corrected chi connectivity index (χ3v) is 4.51. The summed E-state index contributed by atoms with van der Waals surface area (Å²) in [6.45, 7) is 7.29. The molecular weight excluding hydrogens is 324 g/mol. The van der Waals surface area contributed by atoms with Crippen LogP contribution in [0.5, 0.6) is 11.5 Å². The first-order chi connectivity index (χ1) is 11.7. The fraction of sp³-hybridized carbons (Fsp3) is 0.368. The average molecular weight is 347 g/mol. The van der Waals surface area contributed by atoms with Gasteiger partial charge in [-0.3, -0.25) is 4.90 Å². The first kappa shape index (κ1) is 16.9. The summed E-state index contributed by atoms with van der Waals surface area (Å²) < 4.78 is 5.46. The molecule has 128 valence electrons. The number of piperazine rings is 1. The van der Waals surface area contributed by atoms with Crippen molar-refractivity contribution in [1.82, 2.24) is 4.90 Å². The monoisotopic (exact) mass is 346 g/mol. The van der Waals surface area contributed by atoms with Gasteiger partial charge in [-0.25, -0.2) is 0 Å². The molecule has 0 amide bonds. The van der Waals surface area contributed by atoms with Crippen LogP contribution < -0.4 is 9.64 Å². The highest BCUT2D eigenvalue weighted by Crippen LogP contribution is 2.28. The number of hydrogen-bond donors (Lipinski definition) is 1. The molecule has 0 aliphatic carbocycles. The van der Waals surface area contributed by atoms with Crippen LogP contribution in [0.3, 0.4) is 0 Å². The number of anilines is 1. The summed E-state index contributed by atoms with van der Waals surface area (Å²) >= 11 is 6.08. The van der Waals surface area contributed by atoms with Gasteiger partial charge >= 0.3 is 0 Å². The van der Waals surface area contributed by atoms with E-state index in [1.807, 2.05) is 37.3 Å². The molecule has 1 aliphatic rings. The highest BCUT2D eigenvalue weighted by Gasteiger charge is 2.18. The van der Waals surface area contributed by atoms with Crippen molar-refractivity contribution in [3.05, 3.63) is 53.1 Å². The Labute approximate surface area is 148 Å². The van der Waals surface area contributed by atoms with Gasteiger partial charge in [-0.05, 0) is 42.8 Å². The number of nitrogens with zero attached hydrogens (tertiary/aromatic N) is 2. The van der Waals surface area contributed by atoms with Gasteiger partial charge in [-0.1, -0.05) is 23.7 Å². The summed E-state index contributed by atoms with van der Waals surface area (Å²) in [6, 6.07) is 13.6. The molecule has 1 heterocycles. The zero-order valence-electron chi connectivity index (χ0n) is 13.9. The predicted octanol–water partition coefficient (Wildman–Crippen LogP) is 3.77. The van der Waals surface area contributed by atoms with Crippen molar-refractivity contribution in [3.8, 4) is 11.5 Å². The van der Waals surface area contributed by atoms with E-state index in [0.29, 0.717) is 12.4 Å². The van der Waals surface area contributed by atoms with Gasteiger partial charge in [0.2, 0.25) is 0 Å². The van der Waals surface area contributed by atoms with Crippen molar-refractivity contribution in [3.63, 3.8) is 0 Å². The number of benzene rings is 2. The second-order valence-corrected chi connectivity index (χ2v) is 6.41. The molecule has 1 saturated heterocycles. The number of ether oxygens (including phenoxy) is 1. The van der Waals surface area contributed by atoms with E-state index in [1.165, 1.54) is 5.69 Å². The lowest BCUT2D eigenvalue weighted by Crippen LogP contribution is -2.45. The summed E-state index contributed by atoms with van der Waals surface area (Å²) in [6.07, 6.45) is 0. The highest BCUT2D eigenvalue weighted by atomic mass is 35.5. The molecule has 0 aromatic heterocycles. The Morgan fingerprint density at radius 1 is 1.08 bits per heavy atom. The zero-order valence-corrected chi connectivity index (χ0v) is 14.7. The van der Waals surface area contributed by atoms with Gasteiger partial charge < -0.3 is 14.7 Å². The molecule has 1 N–H and O–H groups in total. The fourth-order valence-corrected chi connectivity index (χ4v) is 3.21. The van der Waals surface area contributed by atoms with Crippen LogP contribution in [0.25, 0.3) is 0 Å². The molecule has 24 heavy (non-hydrogen) atoms. The van der Waals surface area contributed by atoms with Crippen molar-refractivity contribution >= 4 is 17.3 Å². The van der Waals surface area contributed by atoms with E-state index < -0.39 is 0 Å². The van der Waals surface area contributed by atoms with Crippen molar-refractivity contribution in [2.75, 3.05) is 37.7 Å². The van der Waals surface area contributed by atoms with Crippen LogP contribution in [0.15, 0.2) is 42.5 Å². The lowest BCUT2D eigenvalue weighted by Gasteiger charge is -2.36. The summed E-state index contributed by atoms with van der Waals surface area (Å²) in [7, 11) is 0. The van der Waals surface area contributed by atoms with Gasteiger partial charge in [0, 0.05) is 43.4 Å². The van der Waals surface area contributed by atoms with Gasteiger partial charge in [-0.2, -0.15) is 0 Å². The lowest BCUT2D eigenvalue weighted by atomic mass is 10.1. The van der Waals surface area contributed by atoms with Crippen LogP contribution in [-0.4, -0.2) is 42.8 Å². The first-order valence-electron chi connectivity index (χ1n) is 8.33. The van der Waals surface area contributed by atoms with E-state index in [9.17, 15) is 5.11 Å². The van der Waals surface area contributed by atoms with E-state index in [1.54, 1.807) is 6.07 Å². The Morgan fingerprint density at radius 3 is 2.58 bits per heavy atom. The van der Waals surface area contributed by atoms with Gasteiger partial charge in [0.25, 0.3) is 0 Å². The number of rotatable bonds is 5. The van der Waals surface area contributed by atoms with E-state index in [4.69, 9.17) is 16.3 Å². The van der Waals surface area contributed by atoms with E-state index in [2.05, 4.69) is 15.9 Å². The van der Waals surface area contributed by atoms with E-state index in [-0.39, 0.29) is 5.75 Å². The minimum atomic E-state index is 0.200. The number of phenolic OH excluding ortho intramolecular Hbond substituents is 1. The zero-order chi connectivity index (χ0) is 16.9. The second kappa shape index (κ2) is 7.77. The quantitative estimate of drug-likeness (QED) is 0.894. The molecule has 0 saturated carbocycles. The van der Waals surface area contributed by atoms with Crippen LogP contribution in [-0.2, 0) is 6.54 Å². The van der Waals surface area contributed by atoms with Crippen LogP contribution in [0, 0.1) is 0 Å². The van der Waals surface area contributed by atoms with Gasteiger partial charge in [0.15, 0.2) is 11.5 Å². The lowest BCUT2D eigenvalue weighted by molar-refractivity contribution is 0.249. The maximum absolute atomic E-state index is 9.80. The third-order valence-electron chi connectivity index (χ3n) is 4.28. The molecule has 0 unspecified atom stereocenters. The molecule has 5 heteroatoms. The van der Waals surface area contributed by atoms with E-state index >= 15 is 0 Å². The van der Waals surface area contributed by atoms with Crippen molar-refractivity contribution in [1.29, 1.82) is 0 Å². The highest BCUT2D eigenvalue weighted by molar-refractivity contribution is 6.30. The number of halogens is 1. The molecule has 0 spiro atoms. The van der Waals surface area contributed by atoms with Crippen molar-refractivity contribution in [2.45, 2.75) is 13.5 Å². The number of phenols is 1. The second-order valence-electron chi connectivity index (χ2n) is 5.98. The van der Waals surface area contributed by atoms with Crippen LogP contribution in [0.1, 0.15) is 12.5 Å². The molecule has 2 aromatic carbocycles. The molecular formula is C19H23ClN2O2. The SMILES string of the molecule is CCOc1cc(CN2CCN(c3cccc(Cl)c3)CC2)ccc1O. The van der Waals surface area contributed by atoms with Crippen molar-refractivity contribution in [2.24, 2.45) is 0 Å². The summed E-state index contributed by atoms with van der Waals surface area (Å²) in [5.41, 5.74) is 2.35.